The Bertz CT molecular complexity index is 1440. The summed E-state index contributed by atoms with van der Waals surface area (Å²) in [4.78, 5) is 24.0. The summed E-state index contributed by atoms with van der Waals surface area (Å²) in [5, 5.41) is 1.86. The number of alkyl halides is 3. The highest BCUT2D eigenvalue weighted by Crippen LogP contribution is 2.34. The Labute approximate surface area is 217 Å². The van der Waals surface area contributed by atoms with Gasteiger partial charge in [-0.15, -0.1) is 0 Å². The molecule has 2 aromatic carbocycles. The summed E-state index contributed by atoms with van der Waals surface area (Å²) in [5.74, 6) is 0.172. The molecule has 0 atom stereocenters. The number of hydrogen-bond acceptors (Lipinski definition) is 6. The van der Waals surface area contributed by atoms with E-state index in [0.29, 0.717) is 5.69 Å². The van der Waals surface area contributed by atoms with Gasteiger partial charge >= 0.3 is 6.18 Å². The Morgan fingerprint density at radius 3 is 2.26 bits per heavy atom. The molecule has 1 N–H and O–H groups in total. The topological polar surface area (TPSA) is 81.5 Å². The van der Waals surface area contributed by atoms with Crippen LogP contribution in [0.3, 0.4) is 0 Å². The van der Waals surface area contributed by atoms with Crippen LogP contribution in [-0.4, -0.2) is 60.5 Å². The van der Waals surface area contributed by atoms with E-state index in [2.05, 4.69) is 20.9 Å². The van der Waals surface area contributed by atoms with E-state index in [4.69, 9.17) is 9.47 Å². The normalized spacial score (nSPS) is 13.7. The van der Waals surface area contributed by atoms with Crippen molar-refractivity contribution in [1.82, 2.24) is 19.9 Å². The van der Waals surface area contributed by atoms with Crippen LogP contribution in [0.5, 0.6) is 11.5 Å². The molecule has 11 heteroatoms. The Hall–Kier alpha value is -4.28. The number of rotatable bonds is 7. The van der Waals surface area contributed by atoms with Gasteiger partial charge in [0.1, 0.15) is 35.8 Å². The average Bonchev–Trinajstić information content (AvgIpc) is 3.61. The molecule has 1 aliphatic rings. The first-order chi connectivity index (χ1) is 18.3. The number of imidazole rings is 1. The zero-order valence-electron chi connectivity index (χ0n) is 20.9. The first-order valence-electron chi connectivity index (χ1n) is 12.1. The molecule has 0 radical (unpaired) electrons. The fourth-order valence-corrected chi connectivity index (χ4v) is 4.62. The lowest BCUT2D eigenvalue weighted by Gasteiger charge is -2.17. The Morgan fingerprint density at radius 2 is 1.66 bits per heavy atom. The number of hydrogen-bond donors (Lipinski definition) is 1. The quantitative estimate of drug-likeness (QED) is 0.366. The number of fused-ring (bicyclic) bond motifs is 1. The van der Waals surface area contributed by atoms with Crippen molar-refractivity contribution in [3.05, 3.63) is 60.6 Å². The van der Waals surface area contributed by atoms with Crippen LogP contribution in [0.4, 0.5) is 19.0 Å². The summed E-state index contributed by atoms with van der Waals surface area (Å²) in [6.45, 7) is 0.597. The van der Waals surface area contributed by atoms with Crippen molar-refractivity contribution in [2.45, 2.75) is 19.0 Å². The highest BCUT2D eigenvalue weighted by molar-refractivity contribution is 6.00. The minimum absolute atomic E-state index is 0.0710. The maximum Gasteiger partial charge on any atom is 0.405 e. The van der Waals surface area contributed by atoms with Crippen molar-refractivity contribution in [3.8, 4) is 28.3 Å². The first kappa shape index (κ1) is 25.4. The maximum atomic E-state index is 12.6. The maximum absolute atomic E-state index is 12.6. The van der Waals surface area contributed by atoms with E-state index in [1.165, 1.54) is 27.1 Å². The number of nitrogens with one attached hydrogen (secondary N) is 1. The molecule has 0 unspecified atom stereocenters. The second-order valence-corrected chi connectivity index (χ2v) is 8.94. The van der Waals surface area contributed by atoms with Gasteiger partial charge in [0.2, 0.25) is 0 Å². The summed E-state index contributed by atoms with van der Waals surface area (Å²) >= 11 is 0. The molecule has 1 fully saturated rings. The molecule has 1 amide bonds. The highest BCUT2D eigenvalue weighted by atomic mass is 19.4. The van der Waals surface area contributed by atoms with Gasteiger partial charge in [0, 0.05) is 37.0 Å². The van der Waals surface area contributed by atoms with Gasteiger partial charge in [0.15, 0.2) is 0 Å². The molecular weight excluding hydrogens is 499 g/mol. The number of amides is 1. The number of anilines is 1. The third kappa shape index (κ3) is 5.09. The van der Waals surface area contributed by atoms with Gasteiger partial charge in [-0.3, -0.25) is 9.36 Å². The third-order valence-corrected chi connectivity index (χ3v) is 6.50. The van der Waals surface area contributed by atoms with Crippen molar-refractivity contribution < 1.29 is 27.4 Å². The first-order valence-corrected chi connectivity index (χ1v) is 12.1. The van der Waals surface area contributed by atoms with Crippen LogP contribution >= 0.6 is 0 Å². The van der Waals surface area contributed by atoms with Gasteiger partial charge < -0.3 is 19.7 Å². The van der Waals surface area contributed by atoms with Gasteiger partial charge in [-0.2, -0.15) is 13.2 Å². The number of ether oxygens (including phenoxy) is 2. The lowest BCUT2D eigenvalue weighted by Crippen LogP contribution is -2.34. The van der Waals surface area contributed by atoms with E-state index in [1.807, 2.05) is 35.8 Å². The lowest BCUT2D eigenvalue weighted by molar-refractivity contribution is -0.123. The van der Waals surface area contributed by atoms with Crippen LogP contribution in [0.25, 0.3) is 27.8 Å². The van der Waals surface area contributed by atoms with Crippen LogP contribution in [-0.2, 0) is 0 Å². The fourth-order valence-electron chi connectivity index (χ4n) is 4.62. The van der Waals surface area contributed by atoms with Crippen molar-refractivity contribution in [1.29, 1.82) is 0 Å². The lowest BCUT2D eigenvalue weighted by atomic mass is 10.1. The summed E-state index contributed by atoms with van der Waals surface area (Å²) in [6, 6.07) is 13.1. The molecule has 1 saturated heterocycles. The molecule has 38 heavy (non-hydrogen) atoms. The van der Waals surface area contributed by atoms with Crippen LogP contribution in [0, 0.1) is 0 Å². The summed E-state index contributed by atoms with van der Waals surface area (Å²) in [7, 11) is 2.67. The SMILES string of the molecule is COc1cc(-n2cnc3cc(-c4ccc(N5CCCC5)nc4)ccc32)cc(OC)c1C(=O)NCC(F)(F)F. The molecule has 0 aliphatic carbocycles. The van der Waals surface area contributed by atoms with Crippen molar-refractivity contribution in [3.63, 3.8) is 0 Å². The zero-order valence-corrected chi connectivity index (χ0v) is 20.9. The number of halogens is 3. The Balaban J connectivity index is 1.45. The number of aromatic nitrogens is 3. The smallest absolute Gasteiger partial charge is 0.405 e. The Kier molecular flexibility index (Phi) is 6.83. The van der Waals surface area contributed by atoms with E-state index in [0.717, 1.165) is 41.1 Å². The van der Waals surface area contributed by atoms with Gasteiger partial charge in [0.25, 0.3) is 5.91 Å². The molecular formula is C27H26F3N5O3. The van der Waals surface area contributed by atoms with E-state index in [1.54, 1.807) is 23.0 Å². The van der Waals surface area contributed by atoms with Crippen molar-refractivity contribution in [2.24, 2.45) is 0 Å². The van der Waals surface area contributed by atoms with E-state index in [-0.39, 0.29) is 17.1 Å². The minimum atomic E-state index is -4.55. The highest BCUT2D eigenvalue weighted by Gasteiger charge is 2.30. The average molecular weight is 526 g/mol. The van der Waals surface area contributed by atoms with Crippen LogP contribution in [0.15, 0.2) is 55.0 Å². The van der Waals surface area contributed by atoms with Gasteiger partial charge in [-0.05, 0) is 42.7 Å². The predicted octanol–water partition coefficient (Wildman–Crippen LogP) is 5.00. The number of nitrogens with zero attached hydrogens (tertiary/aromatic N) is 4. The van der Waals surface area contributed by atoms with E-state index in [9.17, 15) is 18.0 Å². The zero-order chi connectivity index (χ0) is 26.9. The fraction of sp³-hybridized carbons (Fsp3) is 0.296. The Morgan fingerprint density at radius 1 is 0.974 bits per heavy atom. The monoisotopic (exact) mass is 525 g/mol. The van der Waals surface area contributed by atoms with Crippen LogP contribution in [0.1, 0.15) is 23.2 Å². The molecule has 8 nitrogen and oxygen atoms in total. The molecule has 0 spiro atoms. The molecule has 0 bridgehead atoms. The second kappa shape index (κ2) is 10.2. The summed E-state index contributed by atoms with van der Waals surface area (Å²) in [6.07, 6.45) is 1.32. The number of pyridine rings is 1. The number of methoxy groups -OCH3 is 2. The van der Waals surface area contributed by atoms with Crippen molar-refractivity contribution >= 4 is 22.8 Å². The number of carbonyl (C=O) groups excluding carboxylic acids is 1. The van der Waals surface area contributed by atoms with Crippen molar-refractivity contribution in [2.75, 3.05) is 38.8 Å². The summed E-state index contributed by atoms with van der Waals surface area (Å²) < 4.78 is 50.3. The molecule has 4 aromatic rings. The second-order valence-electron chi connectivity index (χ2n) is 8.94. The van der Waals surface area contributed by atoms with Crippen LogP contribution < -0.4 is 19.7 Å². The van der Waals surface area contributed by atoms with E-state index < -0.39 is 18.6 Å². The van der Waals surface area contributed by atoms with Gasteiger partial charge in [-0.25, -0.2) is 9.97 Å². The molecule has 5 rings (SSSR count). The number of benzene rings is 2. The molecule has 0 saturated carbocycles. The van der Waals surface area contributed by atoms with Gasteiger partial charge in [0.05, 0.1) is 30.9 Å². The predicted molar refractivity (Wildman–Crippen MR) is 137 cm³/mol. The molecule has 2 aromatic heterocycles. The van der Waals surface area contributed by atoms with Gasteiger partial charge in [-0.1, -0.05) is 6.07 Å². The summed E-state index contributed by atoms with van der Waals surface area (Å²) in [5.41, 5.74) is 3.90. The largest absolute Gasteiger partial charge is 0.496 e. The third-order valence-electron chi connectivity index (χ3n) is 6.50. The van der Waals surface area contributed by atoms with E-state index >= 15 is 0 Å². The molecule has 198 valence electrons. The minimum Gasteiger partial charge on any atom is -0.496 e. The molecule has 3 heterocycles. The standard InChI is InChI=1S/C27H26F3N5O3/c1-37-22-12-19(13-23(38-2)25(22)26(36)32-15-27(28,29)30)35-16-33-20-11-17(5-7-21(20)35)18-6-8-24(31-14-18)34-9-3-4-10-34/h5-8,11-14,16H,3-4,9-10,15H2,1-2H3,(H,32,36). The number of carbonyl (C=O) groups is 1. The van der Waals surface area contributed by atoms with Crippen LogP contribution in [0.2, 0.25) is 0 Å². The molecule has 1 aliphatic heterocycles.